The van der Waals surface area contributed by atoms with Gasteiger partial charge in [0, 0.05) is 12.0 Å². The third kappa shape index (κ3) is 1.65. The summed E-state index contributed by atoms with van der Waals surface area (Å²) in [5.74, 6) is -0.101. The van der Waals surface area contributed by atoms with Crippen molar-refractivity contribution in [1.82, 2.24) is 10.2 Å². The Bertz CT molecular complexity index is 589. The highest BCUT2D eigenvalue weighted by Crippen LogP contribution is 2.29. The van der Waals surface area contributed by atoms with Crippen molar-refractivity contribution in [2.24, 2.45) is 0 Å². The molecule has 0 aliphatic carbocycles. The van der Waals surface area contributed by atoms with Crippen LogP contribution in [0.15, 0.2) is 24.3 Å². The Balaban J connectivity index is 2.00. The maximum atomic E-state index is 10.7. The molecule has 3 rings (SSSR count). The molecular weight excluding hydrogens is 220 g/mol. The number of carboxylic acid groups (broad SMARTS) is 1. The summed E-state index contributed by atoms with van der Waals surface area (Å²) in [6.45, 7) is 0.708. The summed E-state index contributed by atoms with van der Waals surface area (Å²) in [5, 5.41) is 15.3. The van der Waals surface area contributed by atoms with Gasteiger partial charge in [-0.2, -0.15) is 5.10 Å². The molecule has 0 saturated heterocycles. The molecule has 0 saturated carbocycles. The van der Waals surface area contributed by atoms with Gasteiger partial charge in [0.05, 0.1) is 12.3 Å². The molecule has 1 aromatic carbocycles. The number of nitrogens with zero attached hydrogens (tertiary/aromatic N) is 1. The van der Waals surface area contributed by atoms with Crippen molar-refractivity contribution in [3.8, 4) is 17.0 Å². The van der Waals surface area contributed by atoms with Crippen LogP contribution in [0.25, 0.3) is 11.3 Å². The number of hydrogen-bond donors (Lipinski definition) is 2. The van der Waals surface area contributed by atoms with Gasteiger partial charge in [-0.25, -0.2) is 4.79 Å². The minimum atomic E-state index is -1.01. The Labute approximate surface area is 97.0 Å². The zero-order valence-corrected chi connectivity index (χ0v) is 8.93. The molecule has 86 valence electrons. The van der Waals surface area contributed by atoms with Gasteiger partial charge >= 0.3 is 5.97 Å². The second kappa shape index (κ2) is 3.62. The van der Waals surface area contributed by atoms with Crippen molar-refractivity contribution < 1.29 is 14.6 Å². The van der Waals surface area contributed by atoms with E-state index in [0.717, 1.165) is 23.3 Å². The molecule has 5 heteroatoms. The standard InChI is InChI=1S/C12H10N2O3/c15-12(16)10-6-9(13-14-10)7-1-2-11-8(5-7)3-4-17-11/h1-2,5-6H,3-4H2,(H,13,14)(H,15,16). The number of aromatic nitrogens is 2. The minimum absolute atomic E-state index is 0.0942. The first-order chi connectivity index (χ1) is 8.24. The van der Waals surface area contributed by atoms with E-state index in [2.05, 4.69) is 10.2 Å². The van der Waals surface area contributed by atoms with E-state index >= 15 is 0 Å². The summed E-state index contributed by atoms with van der Waals surface area (Å²) < 4.78 is 5.41. The fourth-order valence-electron chi connectivity index (χ4n) is 1.93. The topological polar surface area (TPSA) is 75.2 Å². The monoisotopic (exact) mass is 230 g/mol. The van der Waals surface area contributed by atoms with Gasteiger partial charge in [-0.1, -0.05) is 0 Å². The quantitative estimate of drug-likeness (QED) is 0.823. The number of aromatic amines is 1. The molecule has 0 bridgehead atoms. The maximum Gasteiger partial charge on any atom is 0.353 e. The first-order valence-corrected chi connectivity index (χ1v) is 5.29. The van der Waals surface area contributed by atoms with Crippen LogP contribution in [0.3, 0.4) is 0 Å². The fourth-order valence-corrected chi connectivity index (χ4v) is 1.93. The molecular formula is C12H10N2O3. The minimum Gasteiger partial charge on any atom is -0.493 e. The second-order valence-electron chi connectivity index (χ2n) is 3.89. The van der Waals surface area contributed by atoms with Crippen molar-refractivity contribution in [3.63, 3.8) is 0 Å². The number of nitrogens with one attached hydrogen (secondary N) is 1. The summed E-state index contributed by atoms with van der Waals surface area (Å²) in [6, 6.07) is 7.29. The highest BCUT2D eigenvalue weighted by atomic mass is 16.5. The van der Waals surface area contributed by atoms with Crippen LogP contribution < -0.4 is 4.74 Å². The van der Waals surface area contributed by atoms with Crippen molar-refractivity contribution in [1.29, 1.82) is 0 Å². The smallest absolute Gasteiger partial charge is 0.353 e. The van der Waals surface area contributed by atoms with Gasteiger partial charge in [-0.05, 0) is 29.8 Å². The molecule has 0 atom stereocenters. The van der Waals surface area contributed by atoms with Crippen LogP contribution in [0.4, 0.5) is 0 Å². The third-order valence-electron chi connectivity index (χ3n) is 2.79. The zero-order valence-electron chi connectivity index (χ0n) is 8.93. The molecule has 1 aromatic heterocycles. The van der Waals surface area contributed by atoms with Gasteiger partial charge in [0.25, 0.3) is 0 Å². The van der Waals surface area contributed by atoms with Crippen LogP contribution in [-0.2, 0) is 6.42 Å². The predicted octanol–water partition coefficient (Wildman–Crippen LogP) is 1.71. The second-order valence-corrected chi connectivity index (χ2v) is 3.89. The Morgan fingerprint density at radius 2 is 2.29 bits per heavy atom. The summed E-state index contributed by atoms with van der Waals surface area (Å²) in [7, 11) is 0. The lowest BCUT2D eigenvalue weighted by Gasteiger charge is -2.00. The molecule has 2 N–H and O–H groups in total. The van der Waals surface area contributed by atoms with Crippen LogP contribution in [0.2, 0.25) is 0 Å². The SMILES string of the molecule is O=C(O)c1cc(-c2ccc3c(c2)CCO3)n[nH]1. The number of fused-ring (bicyclic) bond motifs is 1. The van der Waals surface area contributed by atoms with Crippen LogP contribution in [0, 0.1) is 0 Å². The van der Waals surface area contributed by atoms with E-state index in [9.17, 15) is 4.79 Å². The van der Waals surface area contributed by atoms with Crippen LogP contribution in [0.1, 0.15) is 16.1 Å². The van der Waals surface area contributed by atoms with E-state index < -0.39 is 5.97 Å². The maximum absolute atomic E-state index is 10.7. The first kappa shape index (κ1) is 9.89. The van der Waals surface area contributed by atoms with Crippen LogP contribution >= 0.6 is 0 Å². The summed E-state index contributed by atoms with van der Waals surface area (Å²) in [6.07, 6.45) is 0.888. The number of aromatic carboxylic acids is 1. The van der Waals surface area contributed by atoms with Crippen molar-refractivity contribution in [2.45, 2.75) is 6.42 Å². The molecule has 2 heterocycles. The van der Waals surface area contributed by atoms with Crippen LogP contribution in [-0.4, -0.2) is 27.9 Å². The Kier molecular flexibility index (Phi) is 2.11. The van der Waals surface area contributed by atoms with Crippen molar-refractivity contribution >= 4 is 5.97 Å². The molecule has 5 nitrogen and oxygen atoms in total. The number of carbonyl (C=O) groups is 1. The molecule has 0 fully saturated rings. The molecule has 2 aromatic rings. The van der Waals surface area contributed by atoms with Crippen molar-refractivity contribution in [3.05, 3.63) is 35.5 Å². The van der Waals surface area contributed by atoms with Gasteiger partial charge in [0.15, 0.2) is 0 Å². The van der Waals surface area contributed by atoms with Crippen LogP contribution in [0.5, 0.6) is 5.75 Å². The number of benzene rings is 1. The molecule has 1 aliphatic heterocycles. The van der Waals surface area contributed by atoms with Gasteiger partial charge in [0.1, 0.15) is 11.4 Å². The number of ether oxygens (including phenoxy) is 1. The number of carboxylic acids is 1. The fraction of sp³-hybridized carbons (Fsp3) is 0.167. The van der Waals surface area contributed by atoms with E-state index in [4.69, 9.17) is 9.84 Å². The third-order valence-corrected chi connectivity index (χ3v) is 2.79. The number of hydrogen-bond acceptors (Lipinski definition) is 3. The van der Waals surface area contributed by atoms with Gasteiger partial charge in [-0.15, -0.1) is 0 Å². The van der Waals surface area contributed by atoms with Crippen molar-refractivity contribution in [2.75, 3.05) is 6.61 Å². The average molecular weight is 230 g/mol. The molecule has 0 amide bonds. The zero-order chi connectivity index (χ0) is 11.8. The Morgan fingerprint density at radius 3 is 3.06 bits per heavy atom. The highest BCUT2D eigenvalue weighted by molar-refractivity contribution is 5.86. The number of H-pyrrole nitrogens is 1. The molecule has 1 aliphatic rings. The lowest BCUT2D eigenvalue weighted by molar-refractivity contribution is 0.0690. The van der Waals surface area contributed by atoms with E-state index in [1.807, 2.05) is 18.2 Å². The average Bonchev–Trinajstić information content (AvgIpc) is 2.97. The van der Waals surface area contributed by atoms with Gasteiger partial charge < -0.3 is 9.84 Å². The normalized spacial score (nSPS) is 13.2. The summed E-state index contributed by atoms with van der Waals surface area (Å²) in [5.41, 5.74) is 2.77. The van der Waals surface area contributed by atoms with Gasteiger partial charge in [0.2, 0.25) is 0 Å². The molecule has 0 unspecified atom stereocenters. The van der Waals surface area contributed by atoms with E-state index in [0.29, 0.717) is 12.3 Å². The number of rotatable bonds is 2. The van der Waals surface area contributed by atoms with E-state index in [1.165, 1.54) is 6.07 Å². The molecule has 0 spiro atoms. The lowest BCUT2D eigenvalue weighted by Crippen LogP contribution is -1.95. The predicted molar refractivity (Wildman–Crippen MR) is 60.2 cm³/mol. The molecule has 0 radical (unpaired) electrons. The first-order valence-electron chi connectivity index (χ1n) is 5.29. The lowest BCUT2D eigenvalue weighted by atomic mass is 10.1. The largest absolute Gasteiger partial charge is 0.493 e. The summed E-state index contributed by atoms with van der Waals surface area (Å²) in [4.78, 5) is 10.7. The Morgan fingerprint density at radius 1 is 1.41 bits per heavy atom. The highest BCUT2D eigenvalue weighted by Gasteiger charge is 2.14. The summed E-state index contributed by atoms with van der Waals surface area (Å²) >= 11 is 0. The van der Waals surface area contributed by atoms with E-state index in [-0.39, 0.29) is 5.69 Å². The van der Waals surface area contributed by atoms with Gasteiger partial charge in [-0.3, -0.25) is 5.10 Å². The Hall–Kier alpha value is -2.30. The molecule has 17 heavy (non-hydrogen) atoms. The van der Waals surface area contributed by atoms with E-state index in [1.54, 1.807) is 0 Å².